The summed E-state index contributed by atoms with van der Waals surface area (Å²) in [6, 6.07) is 18.5. The molecule has 3 aromatic carbocycles. The summed E-state index contributed by atoms with van der Waals surface area (Å²) >= 11 is 6.03. The van der Waals surface area contributed by atoms with Gasteiger partial charge >= 0.3 is 12.1 Å². The molecule has 2 aliphatic rings. The van der Waals surface area contributed by atoms with Crippen molar-refractivity contribution in [3.8, 4) is 5.75 Å². The Kier molecular flexibility index (Phi) is 6.45. The van der Waals surface area contributed by atoms with Gasteiger partial charge in [0, 0.05) is 22.7 Å². The van der Waals surface area contributed by atoms with E-state index in [1.807, 2.05) is 12.1 Å². The van der Waals surface area contributed by atoms with Crippen molar-refractivity contribution in [2.75, 3.05) is 17.3 Å². The third kappa shape index (κ3) is 4.69. The number of ether oxygens (including phenoxy) is 1. The molecule has 5 nitrogen and oxygen atoms in total. The van der Waals surface area contributed by atoms with Crippen molar-refractivity contribution in [1.82, 2.24) is 0 Å². The number of anilines is 2. The van der Waals surface area contributed by atoms with Crippen LogP contribution in [0.2, 0.25) is 5.02 Å². The van der Waals surface area contributed by atoms with Gasteiger partial charge in [0.15, 0.2) is 5.78 Å². The molecule has 190 valence electrons. The molecule has 1 aliphatic heterocycles. The topological polar surface area (TPSA) is 58.6 Å². The van der Waals surface area contributed by atoms with E-state index >= 15 is 0 Å². The van der Waals surface area contributed by atoms with Crippen LogP contribution < -0.4 is 15.0 Å². The fraction of sp³-hybridized carbons (Fsp3) is 0.214. The Bertz CT molecular complexity index is 1390. The predicted octanol–water partition coefficient (Wildman–Crippen LogP) is 6.81. The summed E-state index contributed by atoms with van der Waals surface area (Å²) in [5, 5.41) is 3.77. The fourth-order valence-electron chi connectivity index (χ4n) is 5.02. The summed E-state index contributed by atoms with van der Waals surface area (Å²) in [4.78, 5) is 27.4. The molecular weight excluding hydrogens is 505 g/mol. The molecular formula is C28H22ClF3N2O3. The van der Waals surface area contributed by atoms with Crippen LogP contribution in [-0.2, 0) is 9.59 Å². The van der Waals surface area contributed by atoms with Gasteiger partial charge in [-0.2, -0.15) is 13.2 Å². The average Bonchev–Trinajstić information content (AvgIpc) is 3.02. The van der Waals surface area contributed by atoms with E-state index in [1.165, 1.54) is 13.2 Å². The number of rotatable bonds is 3. The molecule has 3 aromatic rings. The maximum Gasteiger partial charge on any atom is 0.471 e. The van der Waals surface area contributed by atoms with Crippen LogP contribution in [0.4, 0.5) is 24.5 Å². The normalized spacial score (nSPS) is 19.5. The van der Waals surface area contributed by atoms with Crippen LogP contribution in [0.3, 0.4) is 0 Å². The van der Waals surface area contributed by atoms with Gasteiger partial charge < -0.3 is 10.1 Å². The zero-order valence-corrected chi connectivity index (χ0v) is 20.4. The van der Waals surface area contributed by atoms with E-state index in [0.29, 0.717) is 39.0 Å². The first-order valence-electron chi connectivity index (χ1n) is 11.6. The fourth-order valence-corrected chi connectivity index (χ4v) is 5.15. The van der Waals surface area contributed by atoms with Gasteiger partial charge in [-0.25, -0.2) is 0 Å². The van der Waals surface area contributed by atoms with Crippen molar-refractivity contribution in [2.24, 2.45) is 0 Å². The van der Waals surface area contributed by atoms with Crippen molar-refractivity contribution in [3.63, 3.8) is 0 Å². The van der Waals surface area contributed by atoms with E-state index in [-0.39, 0.29) is 29.4 Å². The Morgan fingerprint density at radius 3 is 2.27 bits per heavy atom. The molecule has 0 saturated carbocycles. The molecule has 0 bridgehead atoms. The number of allylic oxidation sites excluding steroid dienone is 1. The standard InChI is InChI=1S/C28H22ClF3N2O3/c1-37-20-12-8-17(9-13-20)26-25-22(14-18(15-24(25)35)16-6-10-19(29)11-7-16)33-21-4-2-3-5-23(21)34(26)27(36)28(30,31)32/h2-13,18,26,33H,14-15H2,1H3/t18-,26+/m1/s1. The molecule has 37 heavy (non-hydrogen) atoms. The van der Waals surface area contributed by atoms with Gasteiger partial charge in [0.2, 0.25) is 0 Å². The number of alkyl halides is 3. The maximum absolute atomic E-state index is 14.0. The number of hydrogen-bond acceptors (Lipinski definition) is 4. The van der Waals surface area contributed by atoms with E-state index in [2.05, 4.69) is 5.32 Å². The van der Waals surface area contributed by atoms with Crippen molar-refractivity contribution in [1.29, 1.82) is 0 Å². The van der Waals surface area contributed by atoms with Crippen molar-refractivity contribution in [2.45, 2.75) is 31.0 Å². The van der Waals surface area contributed by atoms with Gasteiger partial charge in [0.25, 0.3) is 0 Å². The van der Waals surface area contributed by atoms with Gasteiger partial charge in [0.05, 0.1) is 24.5 Å². The average molecular weight is 527 g/mol. The molecule has 0 saturated heterocycles. The van der Waals surface area contributed by atoms with Crippen LogP contribution in [0.15, 0.2) is 84.1 Å². The number of Topliss-reactive ketones (excluding diaryl/α,β-unsaturated/α-hetero) is 1. The number of nitrogens with one attached hydrogen (secondary N) is 1. The quantitative estimate of drug-likeness (QED) is 0.407. The number of benzene rings is 3. The smallest absolute Gasteiger partial charge is 0.471 e. The van der Waals surface area contributed by atoms with E-state index in [9.17, 15) is 22.8 Å². The zero-order valence-electron chi connectivity index (χ0n) is 19.7. The van der Waals surface area contributed by atoms with Crippen molar-refractivity contribution in [3.05, 3.63) is 100 Å². The van der Waals surface area contributed by atoms with Crippen LogP contribution in [0.25, 0.3) is 0 Å². The lowest BCUT2D eigenvalue weighted by molar-refractivity contribution is -0.170. The summed E-state index contributed by atoms with van der Waals surface area (Å²) in [6.45, 7) is 0. The van der Waals surface area contributed by atoms with E-state index in [4.69, 9.17) is 16.3 Å². The minimum absolute atomic E-state index is 0.0379. The Morgan fingerprint density at radius 1 is 0.973 bits per heavy atom. The number of carbonyl (C=O) groups excluding carboxylic acids is 2. The predicted molar refractivity (Wildman–Crippen MR) is 135 cm³/mol. The van der Waals surface area contributed by atoms with Crippen LogP contribution >= 0.6 is 11.6 Å². The maximum atomic E-state index is 14.0. The molecule has 0 aromatic heterocycles. The lowest BCUT2D eigenvalue weighted by Gasteiger charge is -2.35. The molecule has 9 heteroatoms. The van der Waals surface area contributed by atoms with Crippen LogP contribution in [0.1, 0.15) is 35.9 Å². The highest BCUT2D eigenvalue weighted by Gasteiger charge is 2.49. The number of halogens is 4. The number of hydrogen-bond donors (Lipinski definition) is 1. The third-order valence-corrected chi connectivity index (χ3v) is 6.97. The Labute approximate surface area is 216 Å². The number of ketones is 1. The SMILES string of the molecule is COc1ccc([C@H]2C3=C(C[C@@H](c4ccc(Cl)cc4)CC3=O)Nc3ccccc3N2C(=O)C(F)(F)F)cc1. The highest BCUT2D eigenvalue weighted by Crippen LogP contribution is 2.48. The van der Waals surface area contributed by atoms with Gasteiger partial charge in [-0.15, -0.1) is 0 Å². The molecule has 5 rings (SSSR count). The highest BCUT2D eigenvalue weighted by atomic mass is 35.5. The highest BCUT2D eigenvalue weighted by molar-refractivity contribution is 6.30. The molecule has 2 atom stereocenters. The lowest BCUT2D eigenvalue weighted by atomic mass is 9.78. The summed E-state index contributed by atoms with van der Waals surface area (Å²) in [7, 11) is 1.47. The number of carbonyl (C=O) groups is 2. The van der Waals surface area contributed by atoms with Crippen molar-refractivity contribution >= 4 is 34.7 Å². The Hall–Kier alpha value is -3.78. The number of methoxy groups -OCH3 is 1. The van der Waals surface area contributed by atoms with Crippen LogP contribution in [0.5, 0.6) is 5.75 Å². The van der Waals surface area contributed by atoms with Gasteiger partial charge in [-0.3, -0.25) is 14.5 Å². The Morgan fingerprint density at radius 2 is 1.62 bits per heavy atom. The summed E-state index contributed by atoms with van der Waals surface area (Å²) in [5.74, 6) is -2.09. The van der Waals surface area contributed by atoms with Crippen LogP contribution in [-0.4, -0.2) is 25.0 Å². The first-order chi connectivity index (χ1) is 17.7. The second-order valence-electron chi connectivity index (χ2n) is 8.96. The van der Waals surface area contributed by atoms with E-state index < -0.39 is 18.1 Å². The van der Waals surface area contributed by atoms with E-state index in [0.717, 1.165) is 5.56 Å². The minimum Gasteiger partial charge on any atom is -0.497 e. The number of nitrogens with zero attached hydrogens (tertiary/aromatic N) is 1. The van der Waals surface area contributed by atoms with E-state index in [1.54, 1.807) is 54.6 Å². The Balaban J connectivity index is 1.71. The second-order valence-corrected chi connectivity index (χ2v) is 9.40. The lowest BCUT2D eigenvalue weighted by Crippen LogP contribution is -2.45. The first-order valence-corrected chi connectivity index (χ1v) is 12.0. The monoisotopic (exact) mass is 526 g/mol. The zero-order chi connectivity index (χ0) is 26.3. The molecule has 1 heterocycles. The first kappa shape index (κ1) is 24.9. The van der Waals surface area contributed by atoms with Gasteiger partial charge in [0.1, 0.15) is 5.75 Å². The summed E-state index contributed by atoms with van der Waals surface area (Å²) < 4.78 is 47.1. The molecule has 0 unspecified atom stereocenters. The molecule has 1 N–H and O–H groups in total. The minimum atomic E-state index is -5.16. The summed E-state index contributed by atoms with van der Waals surface area (Å²) in [5.41, 5.74) is 2.24. The molecule has 0 radical (unpaired) electrons. The van der Waals surface area contributed by atoms with Crippen molar-refractivity contribution < 1.29 is 27.5 Å². The number of fused-ring (bicyclic) bond motifs is 1. The van der Waals surface area contributed by atoms with Gasteiger partial charge in [-0.1, -0.05) is 48.0 Å². The summed E-state index contributed by atoms with van der Waals surface area (Å²) in [6.07, 6.45) is -4.70. The number of amides is 1. The second kappa shape index (κ2) is 9.59. The molecule has 1 aliphatic carbocycles. The number of para-hydroxylation sites is 2. The van der Waals surface area contributed by atoms with Gasteiger partial charge in [-0.05, 0) is 59.9 Å². The molecule has 1 amide bonds. The van der Waals surface area contributed by atoms with Crippen LogP contribution in [0, 0.1) is 0 Å². The largest absolute Gasteiger partial charge is 0.497 e. The third-order valence-electron chi connectivity index (χ3n) is 6.72. The molecule has 0 fully saturated rings. The molecule has 0 spiro atoms.